The van der Waals surface area contributed by atoms with Gasteiger partial charge in [0.2, 0.25) is 0 Å². The molecule has 1 rings (SSSR count). The largest absolute Gasteiger partial charge is 0.374 e. The van der Waals surface area contributed by atoms with Crippen molar-refractivity contribution in [3.05, 3.63) is 5.69 Å². The molecule has 20 heavy (non-hydrogen) atoms. The Kier molecular flexibility index (Phi) is 8.73. The summed E-state index contributed by atoms with van der Waals surface area (Å²) in [5.74, 6) is 0. The Morgan fingerprint density at radius 2 is 1.65 bits per heavy atom. The Morgan fingerprint density at radius 3 is 2.25 bits per heavy atom. The van der Waals surface area contributed by atoms with E-state index in [1.54, 1.807) is 0 Å². The Hall–Kier alpha value is -0.720. The molecule has 0 unspecified atom stereocenters. The van der Waals surface area contributed by atoms with Crippen molar-refractivity contribution in [3.8, 4) is 0 Å². The van der Waals surface area contributed by atoms with Gasteiger partial charge in [0.15, 0.2) is 0 Å². The third-order valence-corrected chi connectivity index (χ3v) is 4.28. The Balaban J connectivity index is 2.40. The number of anilines is 1. The number of hydrogen-bond acceptors (Lipinski definition) is 6. The van der Waals surface area contributed by atoms with Gasteiger partial charge in [0.1, 0.15) is 10.7 Å². The highest BCUT2D eigenvalue weighted by atomic mass is 32.1. The predicted molar refractivity (Wildman–Crippen MR) is 87.4 cm³/mol. The number of nitrogens with zero attached hydrogens (tertiary/aromatic N) is 4. The van der Waals surface area contributed by atoms with Crippen LogP contribution in [0.3, 0.4) is 0 Å². The molecule has 0 bridgehead atoms. The smallest absolute Gasteiger partial charge is 0.134 e. The highest BCUT2D eigenvalue weighted by Gasteiger charge is 2.11. The van der Waals surface area contributed by atoms with Crippen molar-refractivity contribution < 1.29 is 0 Å². The molecule has 0 aliphatic carbocycles. The second kappa shape index (κ2) is 10.1. The van der Waals surface area contributed by atoms with Gasteiger partial charge in [0.05, 0.1) is 0 Å². The molecule has 1 aromatic heterocycles. The van der Waals surface area contributed by atoms with Gasteiger partial charge in [0, 0.05) is 24.6 Å². The zero-order valence-electron chi connectivity index (χ0n) is 13.4. The van der Waals surface area contributed by atoms with Gasteiger partial charge in [-0.3, -0.25) is 4.90 Å². The molecule has 0 aromatic carbocycles. The van der Waals surface area contributed by atoms with Crippen molar-refractivity contribution in [3.63, 3.8) is 0 Å². The van der Waals surface area contributed by atoms with Gasteiger partial charge < -0.3 is 10.2 Å². The fourth-order valence-electron chi connectivity index (χ4n) is 2.23. The molecule has 0 saturated carbocycles. The van der Waals surface area contributed by atoms with E-state index in [1.165, 1.54) is 24.5 Å². The van der Waals surface area contributed by atoms with E-state index in [2.05, 4.69) is 52.4 Å². The molecule has 0 amide bonds. The lowest BCUT2D eigenvalue weighted by molar-refractivity contribution is 0.237. The van der Waals surface area contributed by atoms with E-state index < -0.39 is 0 Å². The van der Waals surface area contributed by atoms with E-state index in [4.69, 9.17) is 0 Å². The normalized spacial score (nSPS) is 11.5. The first-order chi connectivity index (χ1) is 9.74. The van der Waals surface area contributed by atoms with Crippen LogP contribution in [0.2, 0.25) is 0 Å². The van der Waals surface area contributed by atoms with Crippen LogP contribution in [0.1, 0.15) is 39.8 Å². The van der Waals surface area contributed by atoms with E-state index in [9.17, 15) is 0 Å². The number of rotatable bonds is 11. The van der Waals surface area contributed by atoms with Gasteiger partial charge in [-0.2, -0.15) is 0 Å². The van der Waals surface area contributed by atoms with Crippen LogP contribution in [0.5, 0.6) is 0 Å². The summed E-state index contributed by atoms with van der Waals surface area (Å²) in [6.45, 7) is 16.2. The third kappa shape index (κ3) is 5.73. The fourth-order valence-corrected chi connectivity index (χ4v) is 2.87. The lowest BCUT2D eigenvalue weighted by Gasteiger charge is -2.23. The first-order valence-corrected chi connectivity index (χ1v) is 8.52. The summed E-state index contributed by atoms with van der Waals surface area (Å²) in [6, 6.07) is 0. The average molecular weight is 299 g/mol. The van der Waals surface area contributed by atoms with Crippen molar-refractivity contribution in [1.29, 1.82) is 0 Å². The van der Waals surface area contributed by atoms with Gasteiger partial charge in [-0.15, -0.1) is 5.10 Å². The maximum Gasteiger partial charge on any atom is 0.134 e. The van der Waals surface area contributed by atoms with Crippen molar-refractivity contribution in [1.82, 2.24) is 19.4 Å². The maximum absolute atomic E-state index is 4.25. The van der Waals surface area contributed by atoms with E-state index in [-0.39, 0.29) is 0 Å². The quantitative estimate of drug-likeness (QED) is 0.680. The van der Waals surface area contributed by atoms with Crippen LogP contribution >= 0.6 is 11.5 Å². The molecular weight excluding hydrogens is 270 g/mol. The molecule has 0 radical (unpaired) electrons. The lowest BCUT2D eigenvalue weighted by atomic mass is 10.3. The van der Waals surface area contributed by atoms with Gasteiger partial charge in [-0.1, -0.05) is 25.3 Å². The molecule has 0 saturated heterocycles. The van der Waals surface area contributed by atoms with Gasteiger partial charge >= 0.3 is 0 Å². The Bertz CT molecular complexity index is 351. The third-order valence-electron chi connectivity index (χ3n) is 3.56. The first kappa shape index (κ1) is 17.3. The molecule has 0 fully saturated rings. The van der Waals surface area contributed by atoms with E-state index in [0.29, 0.717) is 0 Å². The minimum atomic E-state index is 0.896. The summed E-state index contributed by atoms with van der Waals surface area (Å²) in [4.78, 5) is 4.92. The zero-order valence-corrected chi connectivity index (χ0v) is 14.2. The summed E-state index contributed by atoms with van der Waals surface area (Å²) in [6.07, 6.45) is 1.21. The Labute approximate surface area is 127 Å². The summed E-state index contributed by atoms with van der Waals surface area (Å²) in [5, 5.41) is 8.71. The van der Waals surface area contributed by atoms with Crippen molar-refractivity contribution >= 4 is 16.5 Å². The zero-order chi connectivity index (χ0) is 14.8. The average Bonchev–Trinajstić information content (AvgIpc) is 2.90. The van der Waals surface area contributed by atoms with E-state index in [0.717, 1.165) is 50.0 Å². The van der Waals surface area contributed by atoms with Crippen LogP contribution in [-0.4, -0.2) is 58.7 Å². The summed E-state index contributed by atoms with van der Waals surface area (Å²) >= 11 is 1.46. The summed E-state index contributed by atoms with van der Waals surface area (Å²) < 4.78 is 4.06. The topological polar surface area (TPSA) is 44.3 Å². The molecule has 5 nitrogen and oxygen atoms in total. The molecule has 1 N–H and O–H groups in total. The fraction of sp³-hybridized carbons (Fsp3) is 0.857. The molecule has 0 aliphatic rings. The molecule has 0 spiro atoms. The second-order valence-corrected chi connectivity index (χ2v) is 5.58. The number of nitrogens with one attached hydrogen (secondary N) is 1. The lowest BCUT2D eigenvalue weighted by Crippen LogP contribution is -2.30. The Morgan fingerprint density at radius 1 is 1.00 bits per heavy atom. The van der Waals surface area contributed by atoms with Crippen LogP contribution in [-0.2, 0) is 6.54 Å². The minimum absolute atomic E-state index is 0.896. The SMILES string of the molecule is CCNc1snnc1CN(CC)CCCN(CC)CC. The maximum atomic E-state index is 4.25. The van der Waals surface area contributed by atoms with Gasteiger partial charge in [-0.05, 0) is 46.1 Å². The van der Waals surface area contributed by atoms with Crippen molar-refractivity contribution in [2.45, 2.75) is 40.7 Å². The highest BCUT2D eigenvalue weighted by molar-refractivity contribution is 7.10. The summed E-state index contributed by atoms with van der Waals surface area (Å²) in [7, 11) is 0. The molecule has 0 atom stereocenters. The van der Waals surface area contributed by atoms with Crippen LogP contribution in [0.4, 0.5) is 5.00 Å². The van der Waals surface area contributed by atoms with Crippen molar-refractivity contribution in [2.24, 2.45) is 0 Å². The van der Waals surface area contributed by atoms with E-state index >= 15 is 0 Å². The number of aromatic nitrogens is 2. The molecule has 0 aliphatic heterocycles. The van der Waals surface area contributed by atoms with Crippen molar-refractivity contribution in [2.75, 3.05) is 44.6 Å². The van der Waals surface area contributed by atoms with Crippen LogP contribution < -0.4 is 5.32 Å². The van der Waals surface area contributed by atoms with E-state index in [1.807, 2.05) is 0 Å². The first-order valence-electron chi connectivity index (χ1n) is 7.74. The molecular formula is C14H29N5S. The standard InChI is InChI=1S/C14H29N5S/c1-5-15-14-13(16-17-20-14)12-19(8-4)11-9-10-18(6-2)7-3/h15H,5-12H2,1-4H3. The summed E-state index contributed by atoms with van der Waals surface area (Å²) in [5.41, 5.74) is 1.08. The monoisotopic (exact) mass is 299 g/mol. The molecule has 1 aromatic rings. The molecule has 6 heteroatoms. The predicted octanol–water partition coefficient (Wildman–Crippen LogP) is 2.52. The minimum Gasteiger partial charge on any atom is -0.374 e. The highest BCUT2D eigenvalue weighted by Crippen LogP contribution is 2.19. The second-order valence-electron chi connectivity index (χ2n) is 4.83. The van der Waals surface area contributed by atoms with Crippen LogP contribution in [0.25, 0.3) is 0 Å². The van der Waals surface area contributed by atoms with Crippen LogP contribution in [0.15, 0.2) is 0 Å². The molecule has 1 heterocycles. The molecule has 116 valence electrons. The van der Waals surface area contributed by atoms with Gasteiger partial charge in [-0.25, -0.2) is 0 Å². The van der Waals surface area contributed by atoms with Gasteiger partial charge in [0.25, 0.3) is 0 Å². The number of hydrogen-bond donors (Lipinski definition) is 1. The van der Waals surface area contributed by atoms with Crippen LogP contribution in [0, 0.1) is 0 Å².